The van der Waals surface area contributed by atoms with Crippen molar-refractivity contribution < 1.29 is 8.83 Å². The van der Waals surface area contributed by atoms with Gasteiger partial charge in [-0.25, -0.2) is 0 Å². The average Bonchev–Trinajstić information content (AvgIpc) is 3.24. The molecule has 0 spiro atoms. The topological polar surface area (TPSA) is 26.3 Å². The highest BCUT2D eigenvalue weighted by atomic mass is 32.1. The van der Waals surface area contributed by atoms with Gasteiger partial charge in [0.1, 0.15) is 23.0 Å². The van der Waals surface area contributed by atoms with Crippen LogP contribution in [-0.4, -0.2) is 0 Å². The van der Waals surface area contributed by atoms with Crippen molar-refractivity contribution in [3.8, 4) is 21.3 Å². The molecule has 0 radical (unpaired) electrons. The fraction of sp³-hybridized carbons (Fsp3) is 0.111. The van der Waals surface area contributed by atoms with E-state index in [0.29, 0.717) is 0 Å². The molecule has 5 aromatic heterocycles. The van der Waals surface area contributed by atoms with Gasteiger partial charge in [0.2, 0.25) is 0 Å². The predicted molar refractivity (Wildman–Crippen MR) is 100.0 cm³/mol. The Morgan fingerprint density at radius 2 is 1.13 bits per heavy atom. The van der Waals surface area contributed by atoms with E-state index in [0.717, 1.165) is 23.0 Å². The third-order valence-corrected chi connectivity index (χ3v) is 7.59. The Hall–Kier alpha value is -1.82. The Morgan fingerprint density at radius 1 is 0.652 bits per heavy atom. The molecule has 0 saturated carbocycles. The fourth-order valence-corrected chi connectivity index (χ4v) is 6.66. The molecule has 0 aliphatic carbocycles. The van der Waals surface area contributed by atoms with Gasteiger partial charge < -0.3 is 8.83 Å². The van der Waals surface area contributed by atoms with Crippen molar-refractivity contribution in [3.63, 3.8) is 0 Å². The summed E-state index contributed by atoms with van der Waals surface area (Å²) in [6.45, 7) is 3.96. The SMILES string of the molecule is Cc1ccc(-c2cc3sc4cc(-c5ccc(C)o5)sc4c3s2)o1. The van der Waals surface area contributed by atoms with Crippen molar-refractivity contribution in [2.45, 2.75) is 13.8 Å². The summed E-state index contributed by atoms with van der Waals surface area (Å²) in [5.41, 5.74) is 0. The summed E-state index contributed by atoms with van der Waals surface area (Å²) in [4.78, 5) is 2.40. The van der Waals surface area contributed by atoms with Gasteiger partial charge in [-0.2, -0.15) is 0 Å². The van der Waals surface area contributed by atoms with E-state index in [1.165, 1.54) is 28.6 Å². The number of aryl methyl sites for hydroxylation is 2. The maximum Gasteiger partial charge on any atom is 0.144 e. The van der Waals surface area contributed by atoms with Gasteiger partial charge in [0.25, 0.3) is 0 Å². The van der Waals surface area contributed by atoms with E-state index in [1.54, 1.807) is 0 Å². The Balaban J connectivity index is 1.67. The van der Waals surface area contributed by atoms with Crippen LogP contribution in [0.15, 0.2) is 45.2 Å². The molecular formula is C18H12O2S3. The number of rotatable bonds is 2. The van der Waals surface area contributed by atoms with Gasteiger partial charge in [0.15, 0.2) is 0 Å². The lowest BCUT2D eigenvalue weighted by atomic mass is 10.3. The van der Waals surface area contributed by atoms with Crippen LogP contribution in [0.3, 0.4) is 0 Å². The summed E-state index contributed by atoms with van der Waals surface area (Å²) in [5, 5.41) is 0. The zero-order valence-corrected chi connectivity index (χ0v) is 15.0. The first-order valence-corrected chi connectivity index (χ1v) is 9.72. The molecule has 5 rings (SSSR count). The molecule has 114 valence electrons. The van der Waals surface area contributed by atoms with Crippen LogP contribution in [0.1, 0.15) is 11.5 Å². The fourth-order valence-electron chi connectivity index (χ4n) is 2.71. The van der Waals surface area contributed by atoms with Crippen LogP contribution in [0.2, 0.25) is 0 Å². The van der Waals surface area contributed by atoms with E-state index in [4.69, 9.17) is 8.83 Å². The summed E-state index contributed by atoms with van der Waals surface area (Å²) < 4.78 is 16.9. The summed E-state index contributed by atoms with van der Waals surface area (Å²) in [6, 6.07) is 12.6. The molecule has 2 nitrogen and oxygen atoms in total. The van der Waals surface area contributed by atoms with E-state index in [2.05, 4.69) is 12.1 Å². The average molecular weight is 356 g/mol. The molecule has 0 amide bonds. The zero-order chi connectivity index (χ0) is 15.6. The van der Waals surface area contributed by atoms with Crippen LogP contribution >= 0.6 is 34.0 Å². The quantitative estimate of drug-likeness (QED) is 0.331. The Labute approximate surface area is 144 Å². The molecule has 0 aromatic carbocycles. The van der Waals surface area contributed by atoms with Gasteiger partial charge in [0.05, 0.1) is 19.2 Å². The smallest absolute Gasteiger partial charge is 0.144 e. The molecule has 5 heterocycles. The second kappa shape index (κ2) is 4.84. The van der Waals surface area contributed by atoms with Gasteiger partial charge in [-0.15, -0.1) is 34.0 Å². The maximum absolute atomic E-state index is 5.76. The van der Waals surface area contributed by atoms with Crippen molar-refractivity contribution in [1.29, 1.82) is 0 Å². The zero-order valence-electron chi connectivity index (χ0n) is 12.5. The highest BCUT2D eigenvalue weighted by molar-refractivity contribution is 7.40. The molecule has 5 aromatic rings. The van der Waals surface area contributed by atoms with E-state index in [-0.39, 0.29) is 0 Å². The first-order valence-electron chi connectivity index (χ1n) is 7.27. The second-order valence-corrected chi connectivity index (χ2v) is 8.72. The summed E-state index contributed by atoms with van der Waals surface area (Å²) in [7, 11) is 0. The van der Waals surface area contributed by atoms with Crippen LogP contribution in [0.4, 0.5) is 0 Å². The maximum atomic E-state index is 5.76. The van der Waals surface area contributed by atoms with Gasteiger partial charge in [-0.3, -0.25) is 0 Å². The Morgan fingerprint density at radius 3 is 1.52 bits per heavy atom. The van der Waals surface area contributed by atoms with Gasteiger partial charge in [-0.1, -0.05) is 0 Å². The number of fused-ring (bicyclic) bond motifs is 3. The molecule has 0 aliphatic heterocycles. The van der Waals surface area contributed by atoms with Crippen LogP contribution < -0.4 is 0 Å². The van der Waals surface area contributed by atoms with E-state index in [9.17, 15) is 0 Å². The van der Waals surface area contributed by atoms with Gasteiger partial charge in [-0.05, 0) is 50.2 Å². The molecule has 0 aliphatic rings. The molecular weight excluding hydrogens is 344 g/mol. The lowest BCUT2D eigenvalue weighted by Crippen LogP contribution is -1.61. The summed E-state index contributed by atoms with van der Waals surface area (Å²) >= 11 is 5.46. The molecule has 0 atom stereocenters. The van der Waals surface area contributed by atoms with Crippen molar-refractivity contribution in [2.75, 3.05) is 0 Å². The molecule has 0 saturated heterocycles. The molecule has 0 fully saturated rings. The number of hydrogen-bond acceptors (Lipinski definition) is 5. The lowest BCUT2D eigenvalue weighted by molar-refractivity contribution is 0.549. The minimum atomic E-state index is 0.952. The second-order valence-electron chi connectivity index (χ2n) is 5.53. The minimum absolute atomic E-state index is 0.952. The number of hydrogen-bond donors (Lipinski definition) is 0. The van der Waals surface area contributed by atoms with Gasteiger partial charge in [0, 0.05) is 9.40 Å². The first-order chi connectivity index (χ1) is 11.2. The van der Waals surface area contributed by atoms with Crippen LogP contribution in [0.5, 0.6) is 0 Å². The molecule has 5 heteroatoms. The Kier molecular flexibility index (Phi) is 2.86. The van der Waals surface area contributed by atoms with Crippen molar-refractivity contribution in [1.82, 2.24) is 0 Å². The standard InChI is InChI=1S/C18H12O2S3/c1-9-3-5-11(19-9)13-7-15-17(22-13)18-16(21-15)8-14(23-18)12-6-4-10(2)20-12/h3-8H,1-2H3. The minimum Gasteiger partial charge on any atom is -0.461 e. The van der Waals surface area contributed by atoms with Crippen molar-refractivity contribution in [3.05, 3.63) is 47.9 Å². The normalized spacial score (nSPS) is 11.9. The Bertz CT molecular complexity index is 1060. The lowest BCUT2D eigenvalue weighted by Gasteiger charge is -1.88. The summed E-state index contributed by atoms with van der Waals surface area (Å²) in [5.74, 6) is 3.83. The molecule has 0 unspecified atom stereocenters. The molecule has 23 heavy (non-hydrogen) atoms. The highest BCUT2D eigenvalue weighted by Gasteiger charge is 2.16. The van der Waals surface area contributed by atoms with Crippen LogP contribution in [0.25, 0.3) is 40.1 Å². The van der Waals surface area contributed by atoms with Crippen molar-refractivity contribution in [2.24, 2.45) is 0 Å². The van der Waals surface area contributed by atoms with Gasteiger partial charge >= 0.3 is 0 Å². The number of furan rings is 2. The highest BCUT2D eigenvalue weighted by Crippen LogP contribution is 2.48. The van der Waals surface area contributed by atoms with E-state index in [1.807, 2.05) is 72.1 Å². The van der Waals surface area contributed by atoms with Crippen molar-refractivity contribution >= 4 is 52.8 Å². The largest absolute Gasteiger partial charge is 0.461 e. The molecule has 0 N–H and O–H groups in total. The molecule has 0 bridgehead atoms. The third-order valence-electron chi connectivity index (χ3n) is 3.79. The first kappa shape index (κ1) is 13.6. The van der Waals surface area contributed by atoms with Crippen LogP contribution in [0, 0.1) is 13.8 Å². The third kappa shape index (κ3) is 2.11. The van der Waals surface area contributed by atoms with Crippen LogP contribution in [-0.2, 0) is 0 Å². The monoisotopic (exact) mass is 356 g/mol. The number of thiophene rings is 3. The predicted octanol–water partition coefficient (Wildman–Crippen LogP) is 7.31. The van der Waals surface area contributed by atoms with E-state index < -0.39 is 0 Å². The van der Waals surface area contributed by atoms with E-state index >= 15 is 0 Å². The summed E-state index contributed by atoms with van der Waals surface area (Å²) in [6.07, 6.45) is 0.